The zero-order chi connectivity index (χ0) is 17.1. The third-order valence-electron chi connectivity index (χ3n) is 3.22. The minimum Gasteiger partial charge on any atom is -0.493 e. The van der Waals surface area contributed by atoms with Crippen LogP contribution in [0, 0.1) is 0 Å². The van der Waals surface area contributed by atoms with Gasteiger partial charge in [-0.25, -0.2) is 0 Å². The number of hydrogen-bond acceptors (Lipinski definition) is 6. The highest BCUT2D eigenvalue weighted by Crippen LogP contribution is 2.33. The predicted octanol–water partition coefficient (Wildman–Crippen LogP) is 1.76. The number of methoxy groups -OCH3 is 1. The maximum absolute atomic E-state index is 12.4. The second kappa shape index (κ2) is 6.93. The molecule has 130 valence electrons. The summed E-state index contributed by atoms with van der Waals surface area (Å²) < 4.78 is 73.5. The molecule has 0 unspecified atom stereocenters. The molecule has 1 aliphatic heterocycles. The third kappa shape index (κ3) is 4.49. The molecule has 23 heavy (non-hydrogen) atoms. The molecule has 1 heterocycles. The number of nitrogens with zero attached hydrogens (tertiary/aromatic N) is 1. The summed E-state index contributed by atoms with van der Waals surface area (Å²) in [6, 6.07) is 4.10. The number of ether oxygens (including phenoxy) is 2. The summed E-state index contributed by atoms with van der Waals surface area (Å²) in [6.07, 6.45) is 0. The van der Waals surface area contributed by atoms with Crippen LogP contribution >= 0.6 is 0 Å². The lowest BCUT2D eigenvalue weighted by Crippen LogP contribution is -2.35. The Morgan fingerprint density at radius 1 is 1.22 bits per heavy atom. The molecular weight excluding hydrogens is 339 g/mol. The minimum absolute atomic E-state index is 0.0800. The van der Waals surface area contributed by atoms with Gasteiger partial charge in [0.2, 0.25) is 0 Å². The Kier molecular flexibility index (Phi) is 5.37. The van der Waals surface area contributed by atoms with Crippen molar-refractivity contribution in [2.45, 2.75) is 12.1 Å². The number of hydrogen-bond donors (Lipinski definition) is 0. The van der Waals surface area contributed by atoms with Crippen molar-refractivity contribution in [1.82, 2.24) is 4.90 Å². The number of halogens is 3. The fourth-order valence-corrected chi connectivity index (χ4v) is 2.53. The van der Waals surface area contributed by atoms with Crippen LogP contribution in [-0.4, -0.2) is 52.2 Å². The Morgan fingerprint density at radius 2 is 1.87 bits per heavy atom. The SMILES string of the molecule is COc1cc(CN2CCOCC2)ccc1OS(=O)(=O)C(F)(F)F. The van der Waals surface area contributed by atoms with Crippen molar-refractivity contribution in [2.75, 3.05) is 33.4 Å². The van der Waals surface area contributed by atoms with Crippen LogP contribution in [0.25, 0.3) is 0 Å². The Morgan fingerprint density at radius 3 is 2.43 bits per heavy atom. The lowest BCUT2D eigenvalue weighted by Gasteiger charge is -2.26. The van der Waals surface area contributed by atoms with E-state index in [1.54, 1.807) is 0 Å². The molecule has 0 aromatic heterocycles. The van der Waals surface area contributed by atoms with Gasteiger partial charge in [-0.1, -0.05) is 6.07 Å². The second-order valence-corrected chi connectivity index (χ2v) is 6.39. The summed E-state index contributed by atoms with van der Waals surface area (Å²) in [5.74, 6) is -0.584. The van der Waals surface area contributed by atoms with Crippen LogP contribution in [0.4, 0.5) is 13.2 Å². The van der Waals surface area contributed by atoms with Crippen LogP contribution in [0.3, 0.4) is 0 Å². The minimum atomic E-state index is -5.73. The van der Waals surface area contributed by atoms with Crippen LogP contribution in [0.2, 0.25) is 0 Å². The summed E-state index contributed by atoms with van der Waals surface area (Å²) in [7, 11) is -4.51. The molecule has 1 fully saturated rings. The smallest absolute Gasteiger partial charge is 0.493 e. The van der Waals surface area contributed by atoms with Crippen molar-refractivity contribution >= 4 is 10.1 Å². The van der Waals surface area contributed by atoms with Gasteiger partial charge in [0.15, 0.2) is 11.5 Å². The van der Waals surface area contributed by atoms with Gasteiger partial charge in [0.1, 0.15) is 0 Å². The molecule has 1 aromatic rings. The summed E-state index contributed by atoms with van der Waals surface area (Å²) in [5, 5.41) is 0. The van der Waals surface area contributed by atoms with Crippen molar-refractivity contribution < 1.29 is 35.2 Å². The highest BCUT2D eigenvalue weighted by Gasteiger charge is 2.48. The van der Waals surface area contributed by atoms with E-state index < -0.39 is 21.4 Å². The second-order valence-electron chi connectivity index (χ2n) is 4.86. The first-order valence-electron chi connectivity index (χ1n) is 6.71. The van der Waals surface area contributed by atoms with Gasteiger partial charge in [-0.3, -0.25) is 4.90 Å². The van der Waals surface area contributed by atoms with Gasteiger partial charge in [-0.05, 0) is 17.7 Å². The standard InChI is InChI=1S/C13H16F3NO5S/c1-20-12-8-10(9-17-4-6-21-7-5-17)2-3-11(12)22-23(18,19)13(14,15)16/h2-3,8H,4-7,9H2,1H3. The molecule has 0 amide bonds. The van der Waals surface area contributed by atoms with E-state index >= 15 is 0 Å². The lowest BCUT2D eigenvalue weighted by atomic mass is 10.2. The predicted molar refractivity (Wildman–Crippen MR) is 74.7 cm³/mol. The number of morpholine rings is 1. The van der Waals surface area contributed by atoms with Crippen molar-refractivity contribution in [1.29, 1.82) is 0 Å². The molecule has 0 atom stereocenters. The van der Waals surface area contributed by atoms with Gasteiger partial charge < -0.3 is 13.7 Å². The fourth-order valence-electron chi connectivity index (χ4n) is 2.06. The highest BCUT2D eigenvalue weighted by atomic mass is 32.2. The Hall–Kier alpha value is -1.52. The molecule has 0 spiro atoms. The molecule has 6 nitrogen and oxygen atoms in total. The van der Waals surface area contributed by atoms with Crippen molar-refractivity contribution in [3.63, 3.8) is 0 Å². The normalized spacial score (nSPS) is 17.0. The number of alkyl halides is 3. The van der Waals surface area contributed by atoms with E-state index in [4.69, 9.17) is 9.47 Å². The van der Waals surface area contributed by atoms with Crippen LogP contribution in [0.5, 0.6) is 11.5 Å². The molecule has 0 N–H and O–H groups in total. The maximum atomic E-state index is 12.4. The quantitative estimate of drug-likeness (QED) is 0.592. The van der Waals surface area contributed by atoms with Gasteiger partial charge in [0.05, 0.1) is 20.3 Å². The number of rotatable bonds is 5. The summed E-state index contributed by atoms with van der Waals surface area (Å²) in [6.45, 7) is 3.25. The molecule has 0 aliphatic carbocycles. The van der Waals surface area contributed by atoms with Gasteiger partial charge in [0, 0.05) is 19.6 Å². The van der Waals surface area contributed by atoms with E-state index in [0.717, 1.165) is 24.7 Å². The molecule has 1 aromatic carbocycles. The first kappa shape index (κ1) is 17.8. The molecule has 2 rings (SSSR count). The average molecular weight is 355 g/mol. The third-order valence-corrected chi connectivity index (χ3v) is 4.19. The maximum Gasteiger partial charge on any atom is 0.534 e. The van der Waals surface area contributed by atoms with Gasteiger partial charge in [0.25, 0.3) is 0 Å². The Labute approximate surface area is 131 Å². The topological polar surface area (TPSA) is 65.1 Å². The van der Waals surface area contributed by atoms with E-state index in [-0.39, 0.29) is 5.75 Å². The molecule has 0 bridgehead atoms. The zero-order valence-electron chi connectivity index (χ0n) is 12.3. The van der Waals surface area contributed by atoms with Crippen LogP contribution in [0.15, 0.2) is 18.2 Å². The Balaban J connectivity index is 2.16. The Bertz CT molecular complexity index is 642. The molecule has 0 radical (unpaired) electrons. The molecule has 1 saturated heterocycles. The van der Waals surface area contributed by atoms with E-state index in [2.05, 4.69) is 9.08 Å². The monoisotopic (exact) mass is 355 g/mol. The van der Waals surface area contributed by atoms with E-state index in [1.807, 2.05) is 0 Å². The first-order chi connectivity index (χ1) is 10.7. The van der Waals surface area contributed by atoms with E-state index in [0.29, 0.717) is 19.8 Å². The van der Waals surface area contributed by atoms with Gasteiger partial charge >= 0.3 is 15.6 Å². The van der Waals surface area contributed by atoms with Crippen LogP contribution in [-0.2, 0) is 21.4 Å². The summed E-state index contributed by atoms with van der Waals surface area (Å²) in [5.41, 5.74) is -4.73. The largest absolute Gasteiger partial charge is 0.534 e. The fraction of sp³-hybridized carbons (Fsp3) is 0.538. The van der Waals surface area contributed by atoms with E-state index in [9.17, 15) is 21.6 Å². The molecule has 10 heteroatoms. The average Bonchev–Trinajstić information content (AvgIpc) is 2.48. The van der Waals surface area contributed by atoms with Gasteiger partial charge in [-0.2, -0.15) is 21.6 Å². The number of benzene rings is 1. The van der Waals surface area contributed by atoms with Crippen LogP contribution in [0.1, 0.15) is 5.56 Å². The summed E-state index contributed by atoms with van der Waals surface area (Å²) in [4.78, 5) is 2.10. The van der Waals surface area contributed by atoms with Crippen molar-refractivity contribution in [3.8, 4) is 11.5 Å². The lowest BCUT2D eigenvalue weighted by molar-refractivity contribution is -0.0500. The first-order valence-corrected chi connectivity index (χ1v) is 8.11. The summed E-state index contributed by atoms with van der Waals surface area (Å²) >= 11 is 0. The van der Waals surface area contributed by atoms with Crippen LogP contribution < -0.4 is 8.92 Å². The molecular formula is C13H16F3NO5S. The zero-order valence-corrected chi connectivity index (χ0v) is 13.1. The van der Waals surface area contributed by atoms with Gasteiger partial charge in [-0.15, -0.1) is 0 Å². The molecule has 1 aliphatic rings. The van der Waals surface area contributed by atoms with Crippen molar-refractivity contribution in [3.05, 3.63) is 23.8 Å². The van der Waals surface area contributed by atoms with Crippen molar-refractivity contribution in [2.24, 2.45) is 0 Å². The highest BCUT2D eigenvalue weighted by molar-refractivity contribution is 7.88. The molecule has 0 saturated carbocycles. The van der Waals surface area contributed by atoms with E-state index in [1.165, 1.54) is 19.2 Å².